The maximum absolute atomic E-state index is 13.0. The molecule has 0 unspecified atom stereocenters. The highest BCUT2D eigenvalue weighted by Gasteiger charge is 2.27. The Hall–Kier alpha value is -2.68. The summed E-state index contributed by atoms with van der Waals surface area (Å²) in [5.74, 6) is 0.0362. The summed E-state index contributed by atoms with van der Waals surface area (Å²) >= 11 is 0. The van der Waals surface area contributed by atoms with Crippen molar-refractivity contribution in [3.63, 3.8) is 0 Å². The SMILES string of the molecule is CCc1ccc(C=CC(=O)Nc2cc(S(=O)(=O)N3CCOCC3)ccc2OC(C)C)cc1. The molecule has 7 nitrogen and oxygen atoms in total. The fraction of sp³-hybridized carbons (Fsp3) is 0.375. The van der Waals surface area contributed by atoms with Crippen LogP contribution in [0.15, 0.2) is 53.4 Å². The van der Waals surface area contributed by atoms with E-state index in [9.17, 15) is 13.2 Å². The number of anilines is 1. The molecule has 2 aromatic carbocycles. The molecule has 1 amide bonds. The quantitative estimate of drug-likeness (QED) is 0.610. The number of carbonyl (C=O) groups is 1. The highest BCUT2D eigenvalue weighted by atomic mass is 32.2. The number of aryl methyl sites for hydroxylation is 1. The Bertz CT molecular complexity index is 1060. The van der Waals surface area contributed by atoms with Crippen molar-refractivity contribution in [3.8, 4) is 5.75 Å². The summed E-state index contributed by atoms with van der Waals surface area (Å²) in [4.78, 5) is 12.7. The lowest BCUT2D eigenvalue weighted by Gasteiger charge is -2.26. The van der Waals surface area contributed by atoms with E-state index in [-0.39, 0.29) is 16.9 Å². The van der Waals surface area contributed by atoms with Crippen molar-refractivity contribution in [3.05, 3.63) is 59.7 Å². The zero-order valence-electron chi connectivity index (χ0n) is 18.7. The largest absolute Gasteiger partial charge is 0.489 e. The number of nitrogens with one attached hydrogen (secondary N) is 1. The van der Waals surface area contributed by atoms with Crippen LogP contribution < -0.4 is 10.1 Å². The van der Waals surface area contributed by atoms with Gasteiger partial charge in [0.2, 0.25) is 15.9 Å². The van der Waals surface area contributed by atoms with Crippen molar-refractivity contribution in [1.29, 1.82) is 0 Å². The Morgan fingerprint density at radius 1 is 1.16 bits per heavy atom. The van der Waals surface area contributed by atoms with Gasteiger partial charge < -0.3 is 14.8 Å². The molecule has 2 aromatic rings. The third-order valence-electron chi connectivity index (χ3n) is 4.99. The van der Waals surface area contributed by atoms with Crippen molar-refractivity contribution >= 4 is 27.7 Å². The summed E-state index contributed by atoms with van der Waals surface area (Å²) in [5, 5.41) is 2.77. The maximum Gasteiger partial charge on any atom is 0.248 e. The molecule has 0 radical (unpaired) electrons. The molecule has 1 aliphatic rings. The second-order valence-corrected chi connectivity index (χ2v) is 9.70. The zero-order valence-corrected chi connectivity index (χ0v) is 19.5. The Morgan fingerprint density at radius 3 is 2.47 bits per heavy atom. The molecule has 3 rings (SSSR count). The van der Waals surface area contributed by atoms with Gasteiger partial charge in [-0.1, -0.05) is 31.2 Å². The fourth-order valence-corrected chi connectivity index (χ4v) is 4.71. The summed E-state index contributed by atoms with van der Waals surface area (Å²) in [6.07, 6.45) is 3.95. The molecule has 1 aliphatic heterocycles. The molecular weight excluding hydrogens is 428 g/mol. The lowest BCUT2D eigenvalue weighted by Crippen LogP contribution is -2.40. The van der Waals surface area contributed by atoms with E-state index in [1.807, 2.05) is 38.1 Å². The molecule has 0 aliphatic carbocycles. The first kappa shape index (κ1) is 24.0. The number of nitrogens with zero attached hydrogens (tertiary/aromatic N) is 1. The van der Waals surface area contributed by atoms with Crippen LogP contribution >= 0.6 is 0 Å². The number of rotatable bonds is 8. The second-order valence-electron chi connectivity index (χ2n) is 7.76. The molecule has 8 heteroatoms. The van der Waals surface area contributed by atoms with Crippen LogP contribution in [-0.4, -0.2) is 51.0 Å². The molecule has 0 bridgehead atoms. The van der Waals surface area contributed by atoms with Crippen molar-refractivity contribution < 1.29 is 22.7 Å². The highest BCUT2D eigenvalue weighted by molar-refractivity contribution is 7.89. The molecule has 1 N–H and O–H groups in total. The monoisotopic (exact) mass is 458 g/mol. The first-order chi connectivity index (χ1) is 15.3. The normalized spacial score (nSPS) is 15.2. The molecule has 1 saturated heterocycles. The van der Waals surface area contributed by atoms with Gasteiger partial charge >= 0.3 is 0 Å². The first-order valence-electron chi connectivity index (χ1n) is 10.8. The standard InChI is InChI=1S/C24H30N2O5S/c1-4-19-5-7-20(8-6-19)9-12-24(27)25-22-17-21(10-11-23(22)31-18(2)3)32(28,29)26-13-15-30-16-14-26/h5-12,17-18H,4,13-16H2,1-3H3,(H,25,27). The summed E-state index contributed by atoms with van der Waals surface area (Å²) in [6.45, 7) is 7.14. The maximum atomic E-state index is 13.0. The lowest BCUT2D eigenvalue weighted by molar-refractivity contribution is -0.111. The number of hydrogen-bond donors (Lipinski definition) is 1. The minimum absolute atomic E-state index is 0.102. The number of hydrogen-bond acceptors (Lipinski definition) is 5. The van der Waals surface area contributed by atoms with Gasteiger partial charge in [-0.05, 0) is 55.7 Å². The van der Waals surface area contributed by atoms with Crippen LogP contribution in [0.3, 0.4) is 0 Å². The Kier molecular flexibility index (Phi) is 8.06. The van der Waals surface area contributed by atoms with E-state index in [2.05, 4.69) is 12.2 Å². The molecule has 0 saturated carbocycles. The van der Waals surface area contributed by atoms with E-state index in [4.69, 9.17) is 9.47 Å². The van der Waals surface area contributed by atoms with Crippen LogP contribution in [0.1, 0.15) is 31.9 Å². The van der Waals surface area contributed by atoms with Crippen molar-refractivity contribution in [1.82, 2.24) is 4.31 Å². The molecule has 32 heavy (non-hydrogen) atoms. The van der Waals surface area contributed by atoms with Crippen LogP contribution in [0.4, 0.5) is 5.69 Å². The van der Waals surface area contributed by atoms with E-state index in [0.717, 1.165) is 12.0 Å². The first-order valence-corrected chi connectivity index (χ1v) is 12.2. The number of amides is 1. The summed E-state index contributed by atoms with van der Waals surface area (Å²) < 4.78 is 38.5. The summed E-state index contributed by atoms with van der Waals surface area (Å²) in [5.41, 5.74) is 2.43. The Morgan fingerprint density at radius 2 is 1.84 bits per heavy atom. The number of carbonyl (C=O) groups excluding carboxylic acids is 1. The van der Waals surface area contributed by atoms with Crippen molar-refractivity contribution in [2.75, 3.05) is 31.6 Å². The Labute approximate surface area is 190 Å². The van der Waals surface area contributed by atoms with Crippen LogP contribution in [0.25, 0.3) is 6.08 Å². The van der Waals surface area contributed by atoms with Gasteiger partial charge in [0.15, 0.2) is 0 Å². The van der Waals surface area contributed by atoms with Crippen LogP contribution in [0.2, 0.25) is 0 Å². The van der Waals surface area contributed by atoms with Gasteiger partial charge in [0, 0.05) is 19.2 Å². The van der Waals surface area contributed by atoms with Gasteiger partial charge in [-0.3, -0.25) is 4.79 Å². The van der Waals surface area contributed by atoms with Crippen LogP contribution in [0.5, 0.6) is 5.75 Å². The van der Waals surface area contributed by atoms with E-state index >= 15 is 0 Å². The molecule has 172 valence electrons. The predicted molar refractivity (Wildman–Crippen MR) is 125 cm³/mol. The van der Waals surface area contributed by atoms with Crippen LogP contribution in [0, 0.1) is 0 Å². The van der Waals surface area contributed by atoms with E-state index < -0.39 is 10.0 Å². The molecule has 0 atom stereocenters. The molecule has 0 spiro atoms. The molecule has 0 aromatic heterocycles. The average molecular weight is 459 g/mol. The summed E-state index contributed by atoms with van der Waals surface area (Å²) in [6, 6.07) is 12.5. The van der Waals surface area contributed by atoms with E-state index in [1.165, 1.54) is 28.1 Å². The number of benzene rings is 2. The predicted octanol–water partition coefficient (Wildman–Crippen LogP) is 3.71. The van der Waals surface area contributed by atoms with Crippen molar-refractivity contribution in [2.45, 2.75) is 38.2 Å². The number of sulfonamides is 1. The van der Waals surface area contributed by atoms with E-state index in [1.54, 1.807) is 12.1 Å². The van der Waals surface area contributed by atoms with Gasteiger partial charge in [-0.15, -0.1) is 0 Å². The Balaban J connectivity index is 1.82. The number of ether oxygens (including phenoxy) is 2. The number of morpholine rings is 1. The molecule has 1 heterocycles. The van der Waals surface area contributed by atoms with Gasteiger partial charge in [-0.25, -0.2) is 8.42 Å². The minimum Gasteiger partial charge on any atom is -0.489 e. The van der Waals surface area contributed by atoms with Gasteiger partial charge in [-0.2, -0.15) is 4.31 Å². The summed E-state index contributed by atoms with van der Waals surface area (Å²) in [7, 11) is -3.70. The van der Waals surface area contributed by atoms with E-state index in [0.29, 0.717) is 37.7 Å². The third kappa shape index (κ3) is 6.18. The average Bonchev–Trinajstić information content (AvgIpc) is 2.79. The topological polar surface area (TPSA) is 84.9 Å². The van der Waals surface area contributed by atoms with Gasteiger partial charge in [0.25, 0.3) is 0 Å². The highest BCUT2D eigenvalue weighted by Crippen LogP contribution is 2.30. The lowest BCUT2D eigenvalue weighted by atomic mass is 10.1. The van der Waals surface area contributed by atoms with Gasteiger partial charge in [0.05, 0.1) is 29.9 Å². The van der Waals surface area contributed by atoms with Crippen molar-refractivity contribution in [2.24, 2.45) is 0 Å². The second kappa shape index (κ2) is 10.8. The molecule has 1 fully saturated rings. The zero-order chi connectivity index (χ0) is 23.1. The van der Waals surface area contributed by atoms with Gasteiger partial charge in [0.1, 0.15) is 5.75 Å². The molecular formula is C24H30N2O5S. The van der Waals surface area contributed by atoms with Crippen LogP contribution in [-0.2, 0) is 26.0 Å². The minimum atomic E-state index is -3.70. The smallest absolute Gasteiger partial charge is 0.248 e. The third-order valence-corrected chi connectivity index (χ3v) is 6.89. The fourth-order valence-electron chi connectivity index (χ4n) is 3.27.